The first-order valence-electron chi connectivity index (χ1n) is 11.7. The van der Waals surface area contributed by atoms with Crippen LogP contribution in [0.1, 0.15) is 37.0 Å². The first kappa shape index (κ1) is 23.3. The molecule has 1 amide bonds. The van der Waals surface area contributed by atoms with Gasteiger partial charge in [-0.15, -0.1) is 0 Å². The summed E-state index contributed by atoms with van der Waals surface area (Å²) in [6.07, 6.45) is 3.77. The number of ether oxygens (including phenoxy) is 1. The number of carboxylic acids is 1. The van der Waals surface area contributed by atoms with Crippen LogP contribution in [-0.2, 0) is 22.0 Å². The van der Waals surface area contributed by atoms with E-state index >= 15 is 0 Å². The Bertz CT molecular complexity index is 1390. The van der Waals surface area contributed by atoms with Gasteiger partial charge in [0, 0.05) is 18.8 Å². The summed E-state index contributed by atoms with van der Waals surface area (Å²) in [5, 5.41) is 16.6. The van der Waals surface area contributed by atoms with Crippen LogP contribution >= 0.6 is 0 Å². The molecule has 0 saturated heterocycles. The molecule has 1 aliphatic carbocycles. The summed E-state index contributed by atoms with van der Waals surface area (Å²) >= 11 is 0. The molecule has 5 rings (SSSR count). The molecule has 1 aliphatic rings. The number of carbonyl (C=O) groups excluding carboxylic acids is 1. The quantitative estimate of drug-likeness (QED) is 0.356. The van der Waals surface area contributed by atoms with Crippen molar-refractivity contribution in [3.63, 3.8) is 0 Å². The molecule has 182 valence electrons. The van der Waals surface area contributed by atoms with Gasteiger partial charge in [0.1, 0.15) is 11.9 Å². The minimum Gasteiger partial charge on any atom is -0.481 e. The molecule has 0 bridgehead atoms. The average Bonchev–Trinajstić information content (AvgIpc) is 3.64. The minimum absolute atomic E-state index is 0.406. The summed E-state index contributed by atoms with van der Waals surface area (Å²) in [7, 11) is 1.74. The van der Waals surface area contributed by atoms with Crippen LogP contribution < -0.4 is 5.32 Å². The standard InChI is InChI=1S/C28H26N4O4/c1-18(19-6-4-3-5-7-19)36-27(35)31-25-23(17-30-32(25)2)24-13-10-21(16-29-24)20-8-11-22(12-9-20)28(14-15-28)26(33)34/h3-13,16-18H,14-15H2,1-2H3,(H,31,35)(H,33,34)/t18-/m1/s1. The molecular formula is C28H26N4O4. The number of benzene rings is 2. The summed E-state index contributed by atoms with van der Waals surface area (Å²) in [4.78, 5) is 28.7. The molecule has 1 atom stereocenters. The number of pyridine rings is 1. The van der Waals surface area contributed by atoms with Crippen LogP contribution in [0.4, 0.5) is 10.6 Å². The fourth-order valence-electron chi connectivity index (χ4n) is 4.31. The van der Waals surface area contributed by atoms with Crippen LogP contribution in [-0.4, -0.2) is 31.9 Å². The Morgan fingerprint density at radius 3 is 2.31 bits per heavy atom. The van der Waals surface area contributed by atoms with Gasteiger partial charge in [-0.3, -0.25) is 19.8 Å². The van der Waals surface area contributed by atoms with Crippen LogP contribution in [0.25, 0.3) is 22.4 Å². The Hall–Kier alpha value is -4.46. The third-order valence-electron chi connectivity index (χ3n) is 6.68. The van der Waals surface area contributed by atoms with E-state index in [9.17, 15) is 14.7 Å². The number of aryl methyl sites for hydroxylation is 1. The Morgan fingerprint density at radius 2 is 1.69 bits per heavy atom. The molecule has 36 heavy (non-hydrogen) atoms. The van der Waals surface area contributed by atoms with Crippen molar-refractivity contribution in [3.05, 3.63) is 90.3 Å². The number of aliphatic carboxylic acids is 1. The van der Waals surface area contributed by atoms with E-state index in [0.717, 1.165) is 22.3 Å². The van der Waals surface area contributed by atoms with Crippen molar-refractivity contribution in [1.82, 2.24) is 14.8 Å². The molecule has 0 unspecified atom stereocenters. The molecule has 8 nitrogen and oxygen atoms in total. The third kappa shape index (κ3) is 4.45. The zero-order chi connectivity index (χ0) is 25.3. The number of nitrogens with one attached hydrogen (secondary N) is 1. The highest BCUT2D eigenvalue weighted by atomic mass is 16.6. The molecule has 1 saturated carbocycles. The Kier molecular flexibility index (Phi) is 6.01. The summed E-state index contributed by atoms with van der Waals surface area (Å²) in [6, 6.07) is 20.9. The zero-order valence-corrected chi connectivity index (χ0v) is 20.0. The lowest BCUT2D eigenvalue weighted by molar-refractivity contribution is -0.140. The number of nitrogens with zero attached hydrogens (tertiary/aromatic N) is 3. The molecule has 2 heterocycles. The van der Waals surface area contributed by atoms with Crippen molar-refractivity contribution in [2.45, 2.75) is 31.3 Å². The van der Waals surface area contributed by atoms with E-state index in [0.29, 0.717) is 29.9 Å². The number of carbonyl (C=O) groups is 2. The molecule has 2 N–H and O–H groups in total. The fourth-order valence-corrected chi connectivity index (χ4v) is 4.31. The monoisotopic (exact) mass is 482 g/mol. The number of anilines is 1. The molecule has 0 radical (unpaired) electrons. The Balaban J connectivity index is 1.30. The van der Waals surface area contributed by atoms with Crippen LogP contribution in [0.3, 0.4) is 0 Å². The van der Waals surface area contributed by atoms with Gasteiger partial charge in [-0.1, -0.05) is 60.7 Å². The molecule has 4 aromatic rings. The van der Waals surface area contributed by atoms with Crippen molar-refractivity contribution >= 4 is 17.9 Å². The van der Waals surface area contributed by atoms with E-state index in [2.05, 4.69) is 15.4 Å². The highest BCUT2D eigenvalue weighted by Gasteiger charge is 2.51. The second-order valence-corrected chi connectivity index (χ2v) is 9.01. The maximum absolute atomic E-state index is 12.6. The molecular weight excluding hydrogens is 456 g/mol. The maximum Gasteiger partial charge on any atom is 0.413 e. The number of aromatic nitrogens is 3. The highest BCUT2D eigenvalue weighted by Crippen LogP contribution is 2.48. The lowest BCUT2D eigenvalue weighted by atomic mass is 9.94. The van der Waals surface area contributed by atoms with E-state index in [1.54, 1.807) is 24.1 Å². The lowest BCUT2D eigenvalue weighted by Crippen LogP contribution is -2.19. The smallest absolute Gasteiger partial charge is 0.413 e. The Labute approximate surface area is 208 Å². The van der Waals surface area contributed by atoms with E-state index in [-0.39, 0.29) is 0 Å². The topological polar surface area (TPSA) is 106 Å². The van der Waals surface area contributed by atoms with Crippen LogP contribution in [0.5, 0.6) is 0 Å². The van der Waals surface area contributed by atoms with Crippen LogP contribution in [0.15, 0.2) is 79.1 Å². The van der Waals surface area contributed by atoms with Gasteiger partial charge in [0.15, 0.2) is 0 Å². The predicted octanol–water partition coefficient (Wildman–Crippen LogP) is 5.58. The van der Waals surface area contributed by atoms with Gasteiger partial charge in [-0.25, -0.2) is 4.79 Å². The number of amides is 1. The molecule has 8 heteroatoms. The second kappa shape index (κ2) is 9.30. The van der Waals surface area contributed by atoms with E-state index in [4.69, 9.17) is 4.74 Å². The molecule has 2 aromatic heterocycles. The molecule has 0 spiro atoms. The van der Waals surface area contributed by atoms with Crippen LogP contribution in [0.2, 0.25) is 0 Å². The van der Waals surface area contributed by atoms with Gasteiger partial charge in [-0.05, 0) is 42.5 Å². The van der Waals surface area contributed by atoms with Gasteiger partial charge in [0.2, 0.25) is 0 Å². The number of hydrogen-bond acceptors (Lipinski definition) is 5. The Morgan fingerprint density at radius 1 is 1.00 bits per heavy atom. The molecule has 1 fully saturated rings. The van der Waals surface area contributed by atoms with Crippen molar-refractivity contribution in [2.75, 3.05) is 5.32 Å². The van der Waals surface area contributed by atoms with E-state index in [1.807, 2.05) is 73.7 Å². The first-order valence-corrected chi connectivity index (χ1v) is 11.7. The second-order valence-electron chi connectivity index (χ2n) is 9.01. The van der Waals surface area contributed by atoms with Crippen LogP contribution in [0, 0.1) is 0 Å². The number of hydrogen-bond donors (Lipinski definition) is 2. The van der Waals surface area contributed by atoms with Crippen molar-refractivity contribution < 1.29 is 19.4 Å². The van der Waals surface area contributed by atoms with Crippen molar-refractivity contribution in [1.29, 1.82) is 0 Å². The van der Waals surface area contributed by atoms with E-state index in [1.165, 1.54) is 0 Å². The number of rotatable bonds is 7. The highest BCUT2D eigenvalue weighted by molar-refractivity contribution is 5.89. The minimum atomic E-state index is -0.763. The summed E-state index contributed by atoms with van der Waals surface area (Å²) in [6.45, 7) is 1.82. The van der Waals surface area contributed by atoms with Gasteiger partial charge in [0.25, 0.3) is 0 Å². The van der Waals surface area contributed by atoms with Crippen molar-refractivity contribution in [2.24, 2.45) is 7.05 Å². The van der Waals surface area contributed by atoms with E-state index < -0.39 is 23.6 Å². The van der Waals surface area contributed by atoms with Gasteiger partial charge < -0.3 is 9.84 Å². The largest absolute Gasteiger partial charge is 0.481 e. The SMILES string of the molecule is C[C@@H](OC(=O)Nc1c(-c2ccc(-c3ccc(C4(C(=O)O)CC4)cc3)cn2)cnn1C)c1ccccc1. The zero-order valence-electron chi connectivity index (χ0n) is 20.0. The van der Waals surface area contributed by atoms with Gasteiger partial charge in [-0.2, -0.15) is 5.10 Å². The normalized spacial score (nSPS) is 14.6. The van der Waals surface area contributed by atoms with Gasteiger partial charge >= 0.3 is 12.1 Å². The van der Waals surface area contributed by atoms with Gasteiger partial charge in [0.05, 0.1) is 22.9 Å². The summed E-state index contributed by atoms with van der Waals surface area (Å²) in [5.41, 5.74) is 4.19. The summed E-state index contributed by atoms with van der Waals surface area (Å²) in [5.74, 6) is -0.283. The van der Waals surface area contributed by atoms with Crippen molar-refractivity contribution in [3.8, 4) is 22.4 Å². The first-order chi connectivity index (χ1) is 17.4. The maximum atomic E-state index is 12.6. The third-order valence-corrected chi connectivity index (χ3v) is 6.68. The summed E-state index contributed by atoms with van der Waals surface area (Å²) < 4.78 is 7.10. The molecule has 0 aliphatic heterocycles. The lowest BCUT2D eigenvalue weighted by Gasteiger charge is -2.15. The predicted molar refractivity (Wildman–Crippen MR) is 135 cm³/mol. The fraction of sp³-hybridized carbons (Fsp3) is 0.214. The molecule has 2 aromatic carbocycles. The average molecular weight is 483 g/mol. The number of carboxylic acid groups (broad SMARTS) is 1.